The number of aromatic nitrogens is 2. The number of amides is 1. The molecule has 0 spiro atoms. The van der Waals surface area contributed by atoms with Crippen LogP contribution >= 0.6 is 0 Å². The molecule has 0 radical (unpaired) electrons. The highest BCUT2D eigenvalue weighted by Crippen LogP contribution is 2.41. The largest absolute Gasteiger partial charge is 0.490 e. The summed E-state index contributed by atoms with van der Waals surface area (Å²) >= 11 is 0. The van der Waals surface area contributed by atoms with E-state index in [0.29, 0.717) is 30.0 Å². The van der Waals surface area contributed by atoms with Crippen molar-refractivity contribution in [1.82, 2.24) is 13.9 Å². The van der Waals surface area contributed by atoms with E-state index in [4.69, 9.17) is 10.5 Å². The molecule has 3 heterocycles. The fourth-order valence-electron chi connectivity index (χ4n) is 4.75. The maximum Gasteiger partial charge on any atom is 0.263 e. The van der Waals surface area contributed by atoms with E-state index in [1.165, 1.54) is 27.0 Å². The highest BCUT2D eigenvalue weighted by atomic mass is 32.2. The summed E-state index contributed by atoms with van der Waals surface area (Å²) in [6, 6.07) is 7.29. The minimum Gasteiger partial charge on any atom is -0.490 e. The van der Waals surface area contributed by atoms with Crippen LogP contribution in [0.4, 0.5) is 14.5 Å². The molecule has 9 nitrogen and oxygen atoms in total. The van der Waals surface area contributed by atoms with E-state index in [1.807, 2.05) is 4.90 Å². The molecule has 0 bridgehead atoms. The van der Waals surface area contributed by atoms with Gasteiger partial charge in [0.05, 0.1) is 11.6 Å². The van der Waals surface area contributed by atoms with Gasteiger partial charge in [0.25, 0.3) is 15.9 Å². The Hall–Kier alpha value is -3.25. The van der Waals surface area contributed by atoms with Gasteiger partial charge in [-0.05, 0) is 43.2 Å². The minimum atomic E-state index is -4.05. The molecule has 2 aromatic heterocycles. The predicted octanol–water partition coefficient (Wildman–Crippen LogP) is 3.29. The van der Waals surface area contributed by atoms with Crippen molar-refractivity contribution in [1.29, 1.82) is 0 Å². The molecule has 1 aliphatic rings. The zero-order valence-electron chi connectivity index (χ0n) is 20.2. The second kappa shape index (κ2) is 10.4. The molecular weight excluding hydrogens is 492 g/mol. The van der Waals surface area contributed by atoms with Crippen LogP contribution in [0.1, 0.15) is 48.7 Å². The number of pyridine rings is 1. The molecule has 1 unspecified atom stereocenters. The number of nitrogens with zero attached hydrogens (tertiary/aromatic N) is 4. The lowest BCUT2D eigenvalue weighted by Gasteiger charge is -2.28. The van der Waals surface area contributed by atoms with E-state index in [2.05, 4.69) is 5.10 Å². The van der Waals surface area contributed by atoms with Crippen LogP contribution in [0.15, 0.2) is 41.6 Å². The number of benzene rings is 1. The third-order valence-corrected chi connectivity index (χ3v) is 8.34. The summed E-state index contributed by atoms with van der Waals surface area (Å²) in [6.07, 6.45) is 3.07. The number of sulfonamides is 1. The van der Waals surface area contributed by atoms with Gasteiger partial charge in [0.2, 0.25) is 5.03 Å². The lowest BCUT2D eigenvalue weighted by atomic mass is 10.0. The number of nitrogens with two attached hydrogens (primary N) is 1. The molecule has 194 valence electrons. The number of fused-ring (bicyclic) bond motifs is 1. The third-order valence-electron chi connectivity index (χ3n) is 6.37. The fourth-order valence-corrected chi connectivity index (χ4v) is 6.33. The Labute approximate surface area is 208 Å². The monoisotopic (exact) mass is 521 g/mol. The number of alkyl halides is 1. The zero-order valence-corrected chi connectivity index (χ0v) is 21.0. The summed E-state index contributed by atoms with van der Waals surface area (Å²) in [5.74, 6) is -0.933. The first-order chi connectivity index (χ1) is 17.2. The third kappa shape index (κ3) is 4.62. The minimum absolute atomic E-state index is 0.140. The van der Waals surface area contributed by atoms with E-state index >= 15 is 0 Å². The number of carbonyl (C=O) groups is 1. The summed E-state index contributed by atoms with van der Waals surface area (Å²) in [4.78, 5) is 14.4. The number of hydrogen-bond acceptors (Lipinski definition) is 6. The summed E-state index contributed by atoms with van der Waals surface area (Å²) in [5.41, 5.74) is 6.98. The van der Waals surface area contributed by atoms with Gasteiger partial charge in [0.15, 0.2) is 0 Å². The smallest absolute Gasteiger partial charge is 0.263 e. The summed E-state index contributed by atoms with van der Waals surface area (Å²) in [7, 11) is -4.05. The van der Waals surface area contributed by atoms with Gasteiger partial charge in [-0.1, -0.05) is 13.8 Å². The highest BCUT2D eigenvalue weighted by molar-refractivity contribution is 7.89. The molecule has 1 amide bonds. The summed E-state index contributed by atoms with van der Waals surface area (Å²) in [5, 5.41) is 3.80. The Kier molecular flexibility index (Phi) is 7.46. The Balaban J connectivity index is 1.80. The van der Waals surface area contributed by atoms with E-state index in [9.17, 15) is 22.0 Å². The van der Waals surface area contributed by atoms with Crippen molar-refractivity contribution < 1.29 is 26.7 Å². The molecule has 1 aromatic carbocycles. The number of carbonyl (C=O) groups excluding carboxylic acids is 1. The van der Waals surface area contributed by atoms with Gasteiger partial charge < -0.3 is 15.4 Å². The Bertz CT molecular complexity index is 1370. The van der Waals surface area contributed by atoms with Crippen LogP contribution in [-0.2, 0) is 10.0 Å². The van der Waals surface area contributed by atoms with E-state index in [1.54, 1.807) is 32.2 Å². The van der Waals surface area contributed by atoms with Gasteiger partial charge in [-0.2, -0.15) is 9.40 Å². The first kappa shape index (κ1) is 25.8. The van der Waals surface area contributed by atoms with Crippen molar-refractivity contribution in [2.75, 3.05) is 37.8 Å². The van der Waals surface area contributed by atoms with E-state index in [0.717, 1.165) is 6.42 Å². The Morgan fingerprint density at radius 2 is 2.00 bits per heavy atom. The Morgan fingerprint density at radius 1 is 1.25 bits per heavy atom. The molecule has 1 aliphatic heterocycles. The van der Waals surface area contributed by atoms with Gasteiger partial charge in [0, 0.05) is 37.1 Å². The van der Waals surface area contributed by atoms with Crippen LogP contribution < -0.4 is 15.4 Å². The Morgan fingerprint density at radius 3 is 2.67 bits per heavy atom. The van der Waals surface area contributed by atoms with Crippen LogP contribution in [-0.4, -0.2) is 61.2 Å². The van der Waals surface area contributed by atoms with Crippen molar-refractivity contribution >= 4 is 27.1 Å². The topological polar surface area (TPSA) is 110 Å². The molecule has 36 heavy (non-hydrogen) atoms. The van der Waals surface area contributed by atoms with Gasteiger partial charge in [-0.25, -0.2) is 21.7 Å². The highest BCUT2D eigenvalue weighted by Gasteiger charge is 2.34. The first-order valence-electron chi connectivity index (χ1n) is 11.8. The van der Waals surface area contributed by atoms with Crippen LogP contribution in [0, 0.1) is 5.82 Å². The SMILES string of the molecule is CCN(CC)S(=O)(=O)c1nn2ccc(N3CCCC3c3cc(F)ccc3OCCF)cc2c1C(N)=O. The molecular formula is C24H29F2N5O4S. The second-order valence-corrected chi connectivity index (χ2v) is 10.3. The summed E-state index contributed by atoms with van der Waals surface area (Å²) in [6.45, 7) is 3.65. The fraction of sp³-hybridized carbons (Fsp3) is 0.417. The molecule has 0 aliphatic carbocycles. The van der Waals surface area contributed by atoms with Crippen molar-refractivity contribution in [3.8, 4) is 5.75 Å². The normalized spacial score (nSPS) is 16.2. The van der Waals surface area contributed by atoms with Crippen LogP contribution in [0.2, 0.25) is 0 Å². The van der Waals surface area contributed by atoms with E-state index < -0.39 is 28.4 Å². The quantitative estimate of drug-likeness (QED) is 0.438. The zero-order chi connectivity index (χ0) is 26.0. The van der Waals surface area contributed by atoms with Gasteiger partial charge in [-0.3, -0.25) is 4.79 Å². The number of anilines is 1. The number of primary amides is 1. The van der Waals surface area contributed by atoms with Crippen molar-refractivity contribution in [2.45, 2.75) is 37.8 Å². The predicted molar refractivity (Wildman–Crippen MR) is 131 cm³/mol. The van der Waals surface area contributed by atoms with Crippen molar-refractivity contribution in [3.63, 3.8) is 0 Å². The number of rotatable bonds is 10. The summed E-state index contributed by atoms with van der Waals surface area (Å²) < 4.78 is 61.3. The maximum atomic E-state index is 14.2. The van der Waals surface area contributed by atoms with Crippen molar-refractivity contribution in [3.05, 3.63) is 53.5 Å². The average molecular weight is 522 g/mol. The molecule has 12 heteroatoms. The second-order valence-electron chi connectivity index (χ2n) is 8.42. The molecule has 3 aromatic rings. The number of hydrogen-bond donors (Lipinski definition) is 1. The standard InChI is InChI=1S/C24H29F2N5O4S/c1-3-29(4-2)36(33,34)24-22(23(27)32)20-15-17(9-12-31(20)28-24)30-11-5-6-19(30)18-14-16(26)7-8-21(18)35-13-10-25/h7-9,12,14-15,19H,3-6,10-11,13H2,1-2H3,(H2,27,32). The molecule has 1 fully saturated rings. The van der Waals surface area contributed by atoms with Gasteiger partial charge in [0.1, 0.15) is 30.4 Å². The molecule has 1 saturated heterocycles. The van der Waals surface area contributed by atoms with Gasteiger partial charge in [-0.15, -0.1) is 0 Å². The van der Waals surface area contributed by atoms with Crippen LogP contribution in [0.25, 0.3) is 5.52 Å². The van der Waals surface area contributed by atoms with Crippen LogP contribution in [0.5, 0.6) is 5.75 Å². The van der Waals surface area contributed by atoms with Gasteiger partial charge >= 0.3 is 0 Å². The lowest BCUT2D eigenvalue weighted by molar-refractivity contribution is 0.0998. The average Bonchev–Trinajstić information content (AvgIpc) is 3.49. The number of halogens is 2. The molecule has 1 atom stereocenters. The maximum absolute atomic E-state index is 14.2. The first-order valence-corrected chi connectivity index (χ1v) is 13.2. The van der Waals surface area contributed by atoms with Crippen LogP contribution in [0.3, 0.4) is 0 Å². The number of ether oxygens (including phenoxy) is 1. The molecule has 0 saturated carbocycles. The lowest BCUT2D eigenvalue weighted by Crippen LogP contribution is -2.32. The van der Waals surface area contributed by atoms with Crippen molar-refractivity contribution in [2.24, 2.45) is 5.73 Å². The molecule has 4 rings (SSSR count). The molecule has 2 N–H and O–H groups in total. The van der Waals surface area contributed by atoms with E-state index in [-0.39, 0.29) is 41.8 Å².